The van der Waals surface area contributed by atoms with E-state index in [1.807, 2.05) is 19.9 Å². The molecule has 0 atom stereocenters. The van der Waals surface area contributed by atoms with E-state index in [0.717, 1.165) is 25.3 Å². The zero-order valence-corrected chi connectivity index (χ0v) is 22.3. The Bertz CT molecular complexity index is 1520. The third-order valence-electron chi connectivity index (χ3n) is 6.48. The highest BCUT2D eigenvalue weighted by atomic mass is 32.2. The van der Waals surface area contributed by atoms with Crippen LogP contribution in [0.15, 0.2) is 76.5 Å². The standard InChI is InChI=1S/C26H29N3O5S2/c1-19-9-8-12-24(20(19)2)29(36(33,34)22-10-6-5-7-11-22)18-26(30)28-16-15-21-17-23(13-14-25(21)28)35(31,32)27(3)4/h5-14,17H,15-16,18H2,1-4H3. The number of aryl methyl sites for hydroxylation is 1. The van der Waals surface area contributed by atoms with Gasteiger partial charge < -0.3 is 4.90 Å². The summed E-state index contributed by atoms with van der Waals surface area (Å²) in [5, 5.41) is 0. The average molecular weight is 528 g/mol. The third kappa shape index (κ3) is 4.63. The zero-order chi connectivity index (χ0) is 26.3. The van der Waals surface area contributed by atoms with Gasteiger partial charge in [-0.25, -0.2) is 21.1 Å². The fraction of sp³-hybridized carbons (Fsp3) is 0.269. The van der Waals surface area contributed by atoms with Crippen molar-refractivity contribution in [3.05, 3.63) is 83.4 Å². The van der Waals surface area contributed by atoms with Crippen molar-refractivity contribution in [1.82, 2.24) is 4.31 Å². The number of carbonyl (C=O) groups is 1. The molecule has 0 fully saturated rings. The molecule has 0 saturated heterocycles. The van der Waals surface area contributed by atoms with Crippen molar-refractivity contribution in [1.29, 1.82) is 0 Å². The lowest BCUT2D eigenvalue weighted by molar-refractivity contribution is -0.117. The van der Waals surface area contributed by atoms with Crippen molar-refractivity contribution in [2.24, 2.45) is 0 Å². The van der Waals surface area contributed by atoms with E-state index in [2.05, 4.69) is 0 Å². The molecule has 0 N–H and O–H groups in total. The first-order valence-corrected chi connectivity index (χ1v) is 14.3. The van der Waals surface area contributed by atoms with Gasteiger partial charge in [0.1, 0.15) is 6.54 Å². The molecule has 4 rings (SSSR count). The Morgan fingerprint density at radius 3 is 2.22 bits per heavy atom. The third-order valence-corrected chi connectivity index (χ3v) is 10.1. The fourth-order valence-corrected chi connectivity index (χ4v) is 6.69. The number of benzene rings is 3. The number of anilines is 2. The number of hydrogen-bond donors (Lipinski definition) is 0. The highest BCUT2D eigenvalue weighted by Crippen LogP contribution is 2.33. The molecule has 0 aromatic heterocycles. The molecule has 0 bridgehead atoms. The highest BCUT2D eigenvalue weighted by Gasteiger charge is 2.33. The molecule has 1 heterocycles. The van der Waals surface area contributed by atoms with Crippen molar-refractivity contribution >= 4 is 37.3 Å². The maximum atomic E-state index is 13.7. The quantitative estimate of drug-likeness (QED) is 0.470. The molecular formula is C26H29N3O5S2. The highest BCUT2D eigenvalue weighted by molar-refractivity contribution is 7.92. The Labute approximate surface area is 212 Å². The number of hydrogen-bond acceptors (Lipinski definition) is 5. The van der Waals surface area contributed by atoms with Crippen LogP contribution in [0.25, 0.3) is 0 Å². The molecule has 3 aromatic carbocycles. The van der Waals surface area contributed by atoms with Gasteiger partial charge in [0.25, 0.3) is 10.0 Å². The molecule has 0 unspecified atom stereocenters. The second-order valence-corrected chi connectivity index (χ2v) is 12.9. The van der Waals surface area contributed by atoms with Gasteiger partial charge in [0, 0.05) is 26.3 Å². The number of amides is 1. The topological polar surface area (TPSA) is 95.1 Å². The Kier molecular flexibility index (Phi) is 6.96. The summed E-state index contributed by atoms with van der Waals surface area (Å²) in [6, 6.07) is 18.1. The molecule has 0 aliphatic carbocycles. The van der Waals surface area contributed by atoms with Crippen molar-refractivity contribution in [2.75, 3.05) is 36.4 Å². The van der Waals surface area contributed by atoms with Crippen LogP contribution in [0.2, 0.25) is 0 Å². The van der Waals surface area contributed by atoms with Crippen molar-refractivity contribution in [2.45, 2.75) is 30.1 Å². The Balaban J connectivity index is 1.71. The van der Waals surface area contributed by atoms with Crippen LogP contribution >= 0.6 is 0 Å². The van der Waals surface area contributed by atoms with Gasteiger partial charge in [-0.05, 0) is 73.4 Å². The number of carbonyl (C=O) groups excluding carboxylic acids is 1. The van der Waals surface area contributed by atoms with Crippen molar-refractivity contribution < 1.29 is 21.6 Å². The Morgan fingerprint density at radius 1 is 0.861 bits per heavy atom. The van der Waals surface area contributed by atoms with Crippen molar-refractivity contribution in [3.8, 4) is 0 Å². The van der Waals surface area contributed by atoms with Crippen LogP contribution in [-0.2, 0) is 31.3 Å². The van der Waals surface area contributed by atoms with Crippen LogP contribution in [0.5, 0.6) is 0 Å². The average Bonchev–Trinajstić information content (AvgIpc) is 3.28. The SMILES string of the molecule is Cc1cccc(N(CC(=O)N2CCc3cc(S(=O)(=O)N(C)C)ccc32)S(=O)(=O)c2ccccc2)c1C. The maximum Gasteiger partial charge on any atom is 0.264 e. The van der Waals surface area contributed by atoms with E-state index >= 15 is 0 Å². The summed E-state index contributed by atoms with van der Waals surface area (Å²) >= 11 is 0. The molecular weight excluding hydrogens is 498 g/mol. The number of rotatable bonds is 7. The van der Waals surface area contributed by atoms with Crippen LogP contribution in [0.4, 0.5) is 11.4 Å². The lowest BCUT2D eigenvalue weighted by Gasteiger charge is -2.28. The van der Waals surface area contributed by atoms with E-state index in [1.54, 1.807) is 42.5 Å². The molecule has 0 spiro atoms. The van der Waals surface area contributed by atoms with E-state index in [9.17, 15) is 21.6 Å². The lowest BCUT2D eigenvalue weighted by atomic mass is 10.1. The summed E-state index contributed by atoms with van der Waals surface area (Å²) < 4.78 is 54.7. The minimum absolute atomic E-state index is 0.0964. The number of fused-ring (bicyclic) bond motifs is 1. The van der Waals surface area contributed by atoms with Gasteiger partial charge in [-0.15, -0.1) is 0 Å². The van der Waals surface area contributed by atoms with Crippen LogP contribution in [0, 0.1) is 13.8 Å². The monoisotopic (exact) mass is 527 g/mol. The summed E-state index contributed by atoms with van der Waals surface area (Å²) in [6.07, 6.45) is 0.479. The number of sulfonamides is 2. The summed E-state index contributed by atoms with van der Waals surface area (Å²) in [6.45, 7) is 3.68. The van der Waals surface area contributed by atoms with Gasteiger partial charge in [0.05, 0.1) is 15.5 Å². The van der Waals surface area contributed by atoms with Crippen LogP contribution in [0.1, 0.15) is 16.7 Å². The summed E-state index contributed by atoms with van der Waals surface area (Å²) in [5.74, 6) is -0.391. The van der Waals surface area contributed by atoms with Gasteiger partial charge >= 0.3 is 0 Å². The predicted octanol–water partition coefficient (Wildman–Crippen LogP) is 3.34. The smallest absolute Gasteiger partial charge is 0.264 e. The Hall–Kier alpha value is -3.21. The summed E-state index contributed by atoms with van der Waals surface area (Å²) in [4.78, 5) is 15.3. The molecule has 36 heavy (non-hydrogen) atoms. The normalized spacial score (nSPS) is 13.6. The molecule has 8 nitrogen and oxygen atoms in total. The molecule has 0 saturated carbocycles. The lowest BCUT2D eigenvalue weighted by Crippen LogP contribution is -2.43. The van der Waals surface area contributed by atoms with Gasteiger partial charge in [0.2, 0.25) is 15.9 Å². The maximum absolute atomic E-state index is 13.7. The van der Waals surface area contributed by atoms with Crippen LogP contribution in [-0.4, -0.2) is 54.2 Å². The molecule has 1 aliphatic heterocycles. The zero-order valence-electron chi connectivity index (χ0n) is 20.7. The van der Waals surface area contributed by atoms with Gasteiger partial charge in [0.15, 0.2) is 0 Å². The first kappa shape index (κ1) is 25.9. The molecule has 3 aromatic rings. The van der Waals surface area contributed by atoms with E-state index in [1.165, 1.54) is 37.2 Å². The minimum atomic E-state index is -4.03. The second-order valence-electron chi connectivity index (χ2n) is 8.92. The summed E-state index contributed by atoms with van der Waals surface area (Å²) in [7, 11) is -4.71. The van der Waals surface area contributed by atoms with Crippen LogP contribution < -0.4 is 9.21 Å². The molecule has 190 valence electrons. The van der Waals surface area contributed by atoms with Gasteiger partial charge in [-0.1, -0.05) is 30.3 Å². The molecule has 10 heteroatoms. The first-order chi connectivity index (χ1) is 16.9. The van der Waals surface area contributed by atoms with E-state index in [-0.39, 0.29) is 9.79 Å². The van der Waals surface area contributed by atoms with Gasteiger partial charge in [-0.2, -0.15) is 0 Å². The first-order valence-electron chi connectivity index (χ1n) is 11.4. The minimum Gasteiger partial charge on any atom is -0.310 e. The largest absolute Gasteiger partial charge is 0.310 e. The molecule has 1 amide bonds. The Morgan fingerprint density at radius 2 is 1.56 bits per heavy atom. The van der Waals surface area contributed by atoms with Crippen molar-refractivity contribution in [3.63, 3.8) is 0 Å². The second kappa shape index (κ2) is 9.68. The van der Waals surface area contributed by atoms with Gasteiger partial charge in [-0.3, -0.25) is 9.10 Å². The molecule has 1 aliphatic rings. The number of nitrogens with zero attached hydrogens (tertiary/aromatic N) is 3. The predicted molar refractivity (Wildman–Crippen MR) is 140 cm³/mol. The molecule has 0 radical (unpaired) electrons. The van der Waals surface area contributed by atoms with E-state index in [0.29, 0.717) is 24.3 Å². The van der Waals surface area contributed by atoms with E-state index in [4.69, 9.17) is 0 Å². The van der Waals surface area contributed by atoms with Crippen LogP contribution in [0.3, 0.4) is 0 Å². The van der Waals surface area contributed by atoms with E-state index < -0.39 is 32.5 Å². The summed E-state index contributed by atoms with van der Waals surface area (Å²) in [5.41, 5.74) is 3.45. The fourth-order valence-electron chi connectivity index (χ4n) is 4.24.